The molecule has 0 radical (unpaired) electrons. The minimum Gasteiger partial charge on any atom is -0.375 e. The van der Waals surface area contributed by atoms with E-state index in [0.29, 0.717) is 34.2 Å². The van der Waals surface area contributed by atoms with E-state index in [1.165, 1.54) is 22.7 Å². The molecule has 4 rings (SSSR count). The quantitative estimate of drug-likeness (QED) is 0.152. The average molecular weight is 613 g/mol. The summed E-state index contributed by atoms with van der Waals surface area (Å²) in [6.07, 6.45) is 1.81. The summed E-state index contributed by atoms with van der Waals surface area (Å²) >= 11 is 4.30. The van der Waals surface area contributed by atoms with Crippen LogP contribution in [0.3, 0.4) is 0 Å². The molecule has 0 saturated heterocycles. The molecule has 10 nitrogen and oxygen atoms in total. The average Bonchev–Trinajstić information content (AvgIpc) is 3.65. The van der Waals surface area contributed by atoms with Crippen LogP contribution in [0.15, 0.2) is 60.7 Å². The van der Waals surface area contributed by atoms with Crippen molar-refractivity contribution in [3.63, 3.8) is 0 Å². The molecule has 2 amide bonds. The molecule has 2 aromatic heterocycles. The van der Waals surface area contributed by atoms with E-state index >= 15 is 0 Å². The molecule has 0 saturated carbocycles. The van der Waals surface area contributed by atoms with Crippen LogP contribution >= 0.6 is 34.4 Å². The maximum atomic E-state index is 12.8. The number of aryl methyl sites for hydroxylation is 2. The Hall–Kier alpha value is -3.23. The Morgan fingerprint density at radius 3 is 1.46 bits per heavy atom. The summed E-state index contributed by atoms with van der Waals surface area (Å²) in [6.45, 7) is 3.51. The Morgan fingerprint density at radius 2 is 1.10 bits per heavy atom. The van der Waals surface area contributed by atoms with Gasteiger partial charge in [-0.25, -0.2) is 0 Å². The van der Waals surface area contributed by atoms with Crippen LogP contribution in [0.2, 0.25) is 0 Å². The Bertz CT molecular complexity index is 1330. The number of aliphatic hydroxyl groups is 2. The zero-order valence-electron chi connectivity index (χ0n) is 22.7. The van der Waals surface area contributed by atoms with E-state index < -0.39 is 23.0 Å². The minimum absolute atomic E-state index is 0.224. The second kappa shape index (κ2) is 14.1. The molecule has 0 fully saturated rings. The zero-order chi connectivity index (χ0) is 29.3. The standard InChI is InChI=1S/C28H32N6O4S3/c1-3-27(37,19-11-7-5-8-12-19)23(35)29-25-33-31-21(40-25)15-17-39-18-16-22-32-34-26(41-22)30-24(36)28(38,4-2)20-13-9-6-10-14-20/h5-14,37-38H,3-4,15-18H2,1-2H3,(H,29,33,35)(H,30,34,36)/t27-,28-/m1/s1. The number of anilines is 2. The molecule has 41 heavy (non-hydrogen) atoms. The molecule has 13 heteroatoms. The largest absolute Gasteiger partial charge is 0.375 e. The maximum absolute atomic E-state index is 12.8. The Morgan fingerprint density at radius 1 is 0.707 bits per heavy atom. The first-order valence-corrected chi connectivity index (χ1v) is 16.0. The lowest BCUT2D eigenvalue weighted by atomic mass is 9.90. The predicted molar refractivity (Wildman–Crippen MR) is 163 cm³/mol. The highest BCUT2D eigenvalue weighted by Gasteiger charge is 2.37. The predicted octanol–water partition coefficient (Wildman–Crippen LogP) is 4.38. The fraction of sp³-hybridized carbons (Fsp3) is 0.357. The van der Waals surface area contributed by atoms with Gasteiger partial charge in [-0.05, 0) is 35.5 Å². The molecule has 4 aromatic rings. The van der Waals surface area contributed by atoms with Crippen molar-refractivity contribution in [2.45, 2.75) is 50.7 Å². The van der Waals surface area contributed by atoms with Crippen molar-refractivity contribution in [3.05, 3.63) is 81.8 Å². The molecule has 0 bridgehead atoms. The minimum atomic E-state index is -1.64. The Kier molecular flexibility index (Phi) is 10.6. The lowest BCUT2D eigenvalue weighted by Crippen LogP contribution is -2.39. The Labute approximate surface area is 250 Å². The number of aromatic nitrogens is 4. The summed E-state index contributed by atoms with van der Waals surface area (Å²) in [5.74, 6) is 0.536. The van der Waals surface area contributed by atoms with Crippen LogP contribution in [0.4, 0.5) is 10.3 Å². The van der Waals surface area contributed by atoms with Crippen LogP contribution in [-0.4, -0.2) is 53.9 Å². The molecule has 0 aliphatic rings. The fourth-order valence-corrected chi connectivity index (χ4v) is 6.66. The van der Waals surface area contributed by atoms with Crippen molar-refractivity contribution in [3.8, 4) is 0 Å². The summed E-state index contributed by atoms with van der Waals surface area (Å²) in [7, 11) is 0. The number of hydrogen-bond donors (Lipinski definition) is 4. The van der Waals surface area contributed by atoms with Gasteiger partial charge in [0.15, 0.2) is 11.2 Å². The zero-order valence-corrected chi connectivity index (χ0v) is 25.2. The summed E-state index contributed by atoms with van der Waals surface area (Å²) in [4.78, 5) is 25.7. The fourth-order valence-electron chi connectivity index (χ4n) is 4.05. The number of carbonyl (C=O) groups is 2. The number of carbonyl (C=O) groups excluding carboxylic acids is 2. The first-order valence-electron chi connectivity index (χ1n) is 13.2. The van der Waals surface area contributed by atoms with E-state index in [-0.39, 0.29) is 12.8 Å². The number of rotatable bonds is 14. The number of amides is 2. The van der Waals surface area contributed by atoms with Crippen LogP contribution in [0.25, 0.3) is 0 Å². The lowest BCUT2D eigenvalue weighted by Gasteiger charge is -2.25. The normalized spacial score (nSPS) is 14.1. The van der Waals surface area contributed by atoms with Crippen LogP contribution < -0.4 is 10.6 Å². The number of thioether (sulfide) groups is 1. The van der Waals surface area contributed by atoms with E-state index in [1.807, 2.05) is 12.1 Å². The third kappa shape index (κ3) is 7.54. The SMILES string of the molecule is CC[C@](O)(C(=O)Nc1nnc(CCSCCc2nnc(NC(=O)[C@@](O)(CC)c3ccccc3)s2)s1)c1ccccc1. The van der Waals surface area contributed by atoms with Crippen LogP contribution in [0, 0.1) is 0 Å². The number of nitrogens with zero attached hydrogens (tertiary/aromatic N) is 4. The summed E-state index contributed by atoms with van der Waals surface area (Å²) in [5.41, 5.74) is -2.23. The summed E-state index contributed by atoms with van der Waals surface area (Å²) in [5, 5.41) is 46.1. The Balaban J connectivity index is 1.20. The van der Waals surface area contributed by atoms with E-state index in [2.05, 4.69) is 31.0 Å². The van der Waals surface area contributed by atoms with Gasteiger partial charge in [-0.15, -0.1) is 20.4 Å². The van der Waals surface area contributed by atoms with Crippen molar-refractivity contribution in [1.29, 1.82) is 0 Å². The monoisotopic (exact) mass is 612 g/mol. The molecule has 0 aliphatic carbocycles. The van der Waals surface area contributed by atoms with Crippen LogP contribution in [0.1, 0.15) is 47.8 Å². The molecule has 0 unspecified atom stereocenters. The van der Waals surface area contributed by atoms with Gasteiger partial charge in [0, 0.05) is 12.8 Å². The van der Waals surface area contributed by atoms with Gasteiger partial charge >= 0.3 is 0 Å². The highest BCUT2D eigenvalue weighted by Crippen LogP contribution is 2.29. The van der Waals surface area contributed by atoms with Gasteiger partial charge in [-0.1, -0.05) is 97.2 Å². The third-order valence-corrected chi connectivity index (χ3v) is 9.35. The second-order valence-corrected chi connectivity index (χ2v) is 12.5. The van der Waals surface area contributed by atoms with Gasteiger partial charge < -0.3 is 10.2 Å². The van der Waals surface area contributed by atoms with Gasteiger partial charge in [0.1, 0.15) is 10.0 Å². The van der Waals surface area contributed by atoms with Crippen molar-refractivity contribution in [2.24, 2.45) is 0 Å². The van der Waals surface area contributed by atoms with Crippen molar-refractivity contribution >= 4 is 56.5 Å². The first kappa shape index (κ1) is 30.7. The van der Waals surface area contributed by atoms with Crippen molar-refractivity contribution < 1.29 is 19.8 Å². The maximum Gasteiger partial charge on any atom is 0.262 e. The van der Waals surface area contributed by atoms with Gasteiger partial charge in [-0.3, -0.25) is 20.2 Å². The highest BCUT2D eigenvalue weighted by atomic mass is 32.2. The van der Waals surface area contributed by atoms with Gasteiger partial charge in [0.05, 0.1) is 0 Å². The second-order valence-electron chi connectivity index (χ2n) is 9.18. The van der Waals surface area contributed by atoms with Crippen molar-refractivity contribution in [1.82, 2.24) is 20.4 Å². The van der Waals surface area contributed by atoms with Gasteiger partial charge in [-0.2, -0.15) is 11.8 Å². The van der Waals surface area contributed by atoms with E-state index in [1.54, 1.807) is 74.1 Å². The van der Waals surface area contributed by atoms with E-state index in [0.717, 1.165) is 21.5 Å². The first-order chi connectivity index (χ1) is 19.8. The summed E-state index contributed by atoms with van der Waals surface area (Å²) in [6, 6.07) is 17.7. The molecule has 4 N–H and O–H groups in total. The van der Waals surface area contributed by atoms with Gasteiger partial charge in [0.25, 0.3) is 11.8 Å². The molecule has 216 valence electrons. The molecule has 0 aliphatic heterocycles. The van der Waals surface area contributed by atoms with Gasteiger partial charge in [0.2, 0.25) is 10.3 Å². The highest BCUT2D eigenvalue weighted by molar-refractivity contribution is 7.99. The lowest BCUT2D eigenvalue weighted by molar-refractivity contribution is -0.135. The van der Waals surface area contributed by atoms with E-state index in [9.17, 15) is 19.8 Å². The molecule has 2 aromatic carbocycles. The van der Waals surface area contributed by atoms with E-state index in [4.69, 9.17) is 0 Å². The number of hydrogen-bond acceptors (Lipinski definition) is 11. The van der Waals surface area contributed by atoms with Crippen LogP contribution in [0.5, 0.6) is 0 Å². The number of nitrogens with one attached hydrogen (secondary N) is 2. The molecular formula is C28H32N6O4S3. The molecule has 0 spiro atoms. The number of benzene rings is 2. The molecule has 2 heterocycles. The molecular weight excluding hydrogens is 581 g/mol. The third-order valence-electron chi connectivity index (χ3n) is 6.57. The van der Waals surface area contributed by atoms with Crippen molar-refractivity contribution in [2.75, 3.05) is 22.1 Å². The molecule has 2 atom stereocenters. The smallest absolute Gasteiger partial charge is 0.262 e. The summed E-state index contributed by atoms with van der Waals surface area (Å²) < 4.78 is 0. The van der Waals surface area contributed by atoms with Crippen LogP contribution in [-0.2, 0) is 33.6 Å². The topological polar surface area (TPSA) is 150 Å².